The molecule has 104 valence electrons. The lowest BCUT2D eigenvalue weighted by Crippen LogP contribution is -2.40. The molecular weight excluding hydrogens is 244 g/mol. The quantitative estimate of drug-likeness (QED) is 0.621. The molecule has 1 aromatic rings. The minimum absolute atomic E-state index is 0.0455. The van der Waals surface area contributed by atoms with Gasteiger partial charge in [-0.25, -0.2) is 0 Å². The van der Waals surface area contributed by atoms with Crippen molar-refractivity contribution in [3.8, 4) is 5.75 Å². The second kappa shape index (κ2) is 6.99. The molecule has 1 fully saturated rings. The molecule has 2 rings (SSSR count). The van der Waals surface area contributed by atoms with Gasteiger partial charge in [-0.15, -0.1) is 0 Å². The van der Waals surface area contributed by atoms with Crippen LogP contribution in [0, 0.1) is 0 Å². The highest BCUT2D eigenvalue weighted by Gasteiger charge is 2.21. The van der Waals surface area contributed by atoms with E-state index in [0.717, 1.165) is 19.3 Å². The number of nitrogens with one attached hydrogen (secondary N) is 1. The molecule has 1 aliphatic heterocycles. The van der Waals surface area contributed by atoms with Crippen molar-refractivity contribution in [2.75, 3.05) is 25.5 Å². The van der Waals surface area contributed by atoms with E-state index in [2.05, 4.69) is 5.32 Å². The highest BCUT2D eigenvalue weighted by Crippen LogP contribution is 2.14. The third kappa shape index (κ3) is 4.44. The van der Waals surface area contributed by atoms with Crippen molar-refractivity contribution in [1.82, 2.24) is 5.32 Å². The lowest BCUT2D eigenvalue weighted by Gasteiger charge is -2.21. The van der Waals surface area contributed by atoms with Gasteiger partial charge in [0, 0.05) is 18.4 Å². The van der Waals surface area contributed by atoms with Gasteiger partial charge in [0.25, 0.3) is 0 Å². The smallest absolute Gasteiger partial charge is 0.249 e. The Kier molecular flexibility index (Phi) is 5.03. The number of nitrogens with two attached hydrogens (primary N) is 1. The summed E-state index contributed by atoms with van der Waals surface area (Å²) < 4.78 is 10.9. The normalized spacial score (nSPS) is 18.8. The van der Waals surface area contributed by atoms with Crippen LogP contribution in [-0.4, -0.2) is 31.8 Å². The molecule has 5 nitrogen and oxygen atoms in total. The molecule has 0 spiro atoms. The molecule has 0 saturated carbocycles. The molecule has 1 saturated heterocycles. The van der Waals surface area contributed by atoms with E-state index in [1.807, 2.05) is 12.1 Å². The molecule has 3 N–H and O–H groups in total. The van der Waals surface area contributed by atoms with Crippen molar-refractivity contribution in [1.29, 1.82) is 0 Å². The van der Waals surface area contributed by atoms with Gasteiger partial charge in [-0.05, 0) is 31.4 Å². The van der Waals surface area contributed by atoms with E-state index in [-0.39, 0.29) is 12.0 Å². The number of hydrogen-bond donors (Lipinski definition) is 2. The topological polar surface area (TPSA) is 73.6 Å². The Bertz CT molecular complexity index is 417. The number of anilines is 1. The lowest BCUT2D eigenvalue weighted by molar-refractivity contribution is -0.135. The molecule has 19 heavy (non-hydrogen) atoms. The molecule has 1 heterocycles. The second-order valence-electron chi connectivity index (χ2n) is 4.57. The van der Waals surface area contributed by atoms with Crippen LogP contribution in [0.1, 0.15) is 19.3 Å². The minimum Gasteiger partial charge on any atom is -0.492 e. The van der Waals surface area contributed by atoms with E-state index in [1.165, 1.54) is 0 Å². The predicted molar refractivity (Wildman–Crippen MR) is 73.0 cm³/mol. The van der Waals surface area contributed by atoms with Crippen molar-refractivity contribution >= 4 is 11.6 Å². The molecular formula is C14H20N2O3. The maximum atomic E-state index is 11.8. The third-order valence-corrected chi connectivity index (χ3v) is 3.00. The van der Waals surface area contributed by atoms with E-state index in [1.54, 1.807) is 12.1 Å². The fourth-order valence-corrected chi connectivity index (χ4v) is 2.01. The molecule has 1 aliphatic rings. The fraction of sp³-hybridized carbons (Fsp3) is 0.500. The van der Waals surface area contributed by atoms with Gasteiger partial charge in [-0.1, -0.05) is 6.07 Å². The van der Waals surface area contributed by atoms with Crippen molar-refractivity contribution in [3.63, 3.8) is 0 Å². The summed E-state index contributed by atoms with van der Waals surface area (Å²) in [4.78, 5) is 11.8. The van der Waals surface area contributed by atoms with Gasteiger partial charge in [-0.3, -0.25) is 4.79 Å². The van der Waals surface area contributed by atoms with Crippen LogP contribution in [0.4, 0.5) is 5.69 Å². The summed E-state index contributed by atoms with van der Waals surface area (Å²) in [5.74, 6) is 0.666. The highest BCUT2D eigenvalue weighted by atomic mass is 16.5. The molecule has 1 aromatic carbocycles. The summed E-state index contributed by atoms with van der Waals surface area (Å²) in [6.45, 7) is 1.56. The number of carbonyl (C=O) groups excluding carboxylic acids is 1. The van der Waals surface area contributed by atoms with Crippen LogP contribution in [-0.2, 0) is 9.53 Å². The molecule has 0 bridgehead atoms. The second-order valence-corrected chi connectivity index (χ2v) is 4.57. The van der Waals surface area contributed by atoms with Gasteiger partial charge in [0.1, 0.15) is 18.5 Å². The Morgan fingerprint density at radius 2 is 2.37 bits per heavy atom. The maximum Gasteiger partial charge on any atom is 0.249 e. The standard InChI is InChI=1S/C14H20N2O3/c15-11-4-3-5-12(10-11)18-9-7-16-14(17)13-6-1-2-8-19-13/h3-5,10,13H,1-2,6-9,15H2,(H,16,17). The summed E-state index contributed by atoms with van der Waals surface area (Å²) in [5, 5.41) is 2.82. The number of ether oxygens (including phenoxy) is 2. The van der Waals surface area contributed by atoms with Gasteiger partial charge in [0.15, 0.2) is 0 Å². The number of nitrogen functional groups attached to an aromatic ring is 1. The summed E-state index contributed by atoms with van der Waals surface area (Å²) in [5.41, 5.74) is 6.31. The number of amides is 1. The number of rotatable bonds is 5. The molecule has 1 amide bonds. The monoisotopic (exact) mass is 264 g/mol. The fourth-order valence-electron chi connectivity index (χ4n) is 2.01. The van der Waals surface area contributed by atoms with Crippen molar-refractivity contribution in [2.45, 2.75) is 25.4 Å². The number of carbonyl (C=O) groups is 1. The zero-order valence-electron chi connectivity index (χ0n) is 10.9. The summed E-state index contributed by atoms with van der Waals surface area (Å²) >= 11 is 0. The van der Waals surface area contributed by atoms with E-state index in [9.17, 15) is 4.79 Å². The largest absolute Gasteiger partial charge is 0.492 e. The average Bonchev–Trinajstić information content (AvgIpc) is 2.44. The summed E-state index contributed by atoms with van der Waals surface area (Å²) in [7, 11) is 0. The molecule has 0 radical (unpaired) electrons. The zero-order chi connectivity index (χ0) is 13.5. The van der Waals surface area contributed by atoms with Gasteiger partial charge in [0.2, 0.25) is 5.91 Å². The van der Waals surface area contributed by atoms with Gasteiger partial charge < -0.3 is 20.5 Å². The van der Waals surface area contributed by atoms with Crippen LogP contribution < -0.4 is 15.8 Å². The van der Waals surface area contributed by atoms with E-state index >= 15 is 0 Å². The maximum absolute atomic E-state index is 11.8. The van der Waals surface area contributed by atoms with E-state index in [0.29, 0.717) is 31.2 Å². The van der Waals surface area contributed by atoms with Crippen LogP contribution in [0.3, 0.4) is 0 Å². The average molecular weight is 264 g/mol. The number of hydrogen-bond acceptors (Lipinski definition) is 4. The molecule has 0 aromatic heterocycles. The first-order valence-corrected chi connectivity index (χ1v) is 6.63. The zero-order valence-corrected chi connectivity index (χ0v) is 10.9. The van der Waals surface area contributed by atoms with Crippen LogP contribution in [0.2, 0.25) is 0 Å². The van der Waals surface area contributed by atoms with Crippen molar-refractivity contribution < 1.29 is 14.3 Å². The van der Waals surface area contributed by atoms with Crippen molar-refractivity contribution in [2.24, 2.45) is 0 Å². The lowest BCUT2D eigenvalue weighted by atomic mass is 10.1. The first-order chi connectivity index (χ1) is 9.25. The van der Waals surface area contributed by atoms with Crippen LogP contribution >= 0.6 is 0 Å². The number of benzene rings is 1. The Labute approximate surface area is 113 Å². The molecule has 5 heteroatoms. The first-order valence-electron chi connectivity index (χ1n) is 6.63. The van der Waals surface area contributed by atoms with Crippen LogP contribution in [0.5, 0.6) is 5.75 Å². The Morgan fingerprint density at radius 3 is 3.11 bits per heavy atom. The molecule has 1 atom stereocenters. The summed E-state index contributed by atoms with van der Waals surface area (Å²) in [6.07, 6.45) is 2.61. The van der Waals surface area contributed by atoms with Crippen LogP contribution in [0.25, 0.3) is 0 Å². The first kappa shape index (κ1) is 13.7. The molecule has 1 unspecified atom stereocenters. The predicted octanol–water partition coefficient (Wildman–Crippen LogP) is 1.33. The van der Waals surface area contributed by atoms with Gasteiger partial charge in [0.05, 0.1) is 6.54 Å². The third-order valence-electron chi connectivity index (χ3n) is 3.00. The molecule has 0 aliphatic carbocycles. The van der Waals surface area contributed by atoms with E-state index < -0.39 is 0 Å². The minimum atomic E-state index is -0.291. The van der Waals surface area contributed by atoms with Gasteiger partial charge >= 0.3 is 0 Å². The summed E-state index contributed by atoms with van der Waals surface area (Å²) in [6, 6.07) is 7.22. The van der Waals surface area contributed by atoms with E-state index in [4.69, 9.17) is 15.2 Å². The van der Waals surface area contributed by atoms with Gasteiger partial charge in [-0.2, -0.15) is 0 Å². The van der Waals surface area contributed by atoms with Crippen molar-refractivity contribution in [3.05, 3.63) is 24.3 Å². The SMILES string of the molecule is Nc1cccc(OCCNC(=O)C2CCCCO2)c1. The highest BCUT2D eigenvalue weighted by molar-refractivity contribution is 5.80. The Morgan fingerprint density at radius 1 is 1.47 bits per heavy atom. The Balaban J connectivity index is 1.65. The Hall–Kier alpha value is -1.75. The van der Waals surface area contributed by atoms with Crippen LogP contribution in [0.15, 0.2) is 24.3 Å².